The van der Waals surface area contributed by atoms with Crippen molar-refractivity contribution in [3.63, 3.8) is 0 Å². The second kappa shape index (κ2) is 25.5. The Morgan fingerprint density at radius 3 is 0.408 bits per heavy atom. The summed E-state index contributed by atoms with van der Waals surface area (Å²) in [5, 5.41) is 95.2. The SMILES string of the molecule is O=S(=O)([O-])[O-].OC(c1ccccc1)[P+](C(O)c1ccccc1)(C(O)c1ccccc1)C(O)c1ccccc1.OC(c1ccccc1)[P+](C(O)c1ccccc1)(C(O)c1ccccc1)C(O)c1ccccc1. The lowest BCUT2D eigenvalue weighted by Crippen LogP contribution is -2.25. The van der Waals surface area contributed by atoms with Gasteiger partial charge in [0.2, 0.25) is 0 Å². The Morgan fingerprint density at radius 1 is 0.239 bits per heavy atom. The van der Waals surface area contributed by atoms with Crippen molar-refractivity contribution in [1.82, 2.24) is 0 Å². The molecule has 0 bridgehead atoms. The molecule has 8 aromatic rings. The first kappa shape index (κ1) is 54.5. The molecule has 0 heterocycles. The third kappa shape index (κ3) is 13.0. The number of hydrogen-bond acceptors (Lipinski definition) is 12. The lowest BCUT2D eigenvalue weighted by molar-refractivity contribution is 0.154. The van der Waals surface area contributed by atoms with Gasteiger partial charge < -0.3 is 50.0 Å². The van der Waals surface area contributed by atoms with Gasteiger partial charge in [0.15, 0.2) is 61.3 Å². The number of rotatable bonds is 16. The van der Waals surface area contributed by atoms with Crippen LogP contribution < -0.4 is 0 Å². The Morgan fingerprint density at radius 2 is 0.324 bits per heavy atom. The van der Waals surface area contributed by atoms with Crippen LogP contribution in [0, 0.1) is 0 Å². The summed E-state index contributed by atoms with van der Waals surface area (Å²) in [6.45, 7) is 0. The molecule has 0 aliphatic rings. The zero-order chi connectivity index (χ0) is 51.0. The van der Waals surface area contributed by atoms with Crippen molar-refractivity contribution < 1.29 is 58.4 Å². The summed E-state index contributed by atoms with van der Waals surface area (Å²) in [7, 11) is -12.2. The molecule has 0 aliphatic carbocycles. The van der Waals surface area contributed by atoms with Gasteiger partial charge in [-0.15, -0.1) is 0 Å². The van der Waals surface area contributed by atoms with Gasteiger partial charge in [0.25, 0.3) is 0 Å². The Hall–Kier alpha value is -5.83. The number of hydrogen-bond donors (Lipinski definition) is 8. The molecule has 8 N–H and O–H groups in total. The first-order valence-corrected chi connectivity index (χ1v) is 27.9. The predicted molar refractivity (Wildman–Crippen MR) is 276 cm³/mol. The van der Waals surface area contributed by atoms with Crippen LogP contribution in [0.1, 0.15) is 91.3 Å². The maximum absolute atomic E-state index is 11.9. The van der Waals surface area contributed by atoms with Crippen LogP contribution in [0.4, 0.5) is 0 Å². The molecule has 8 unspecified atom stereocenters. The van der Waals surface area contributed by atoms with E-state index in [0.29, 0.717) is 44.5 Å². The molecule has 15 heteroatoms. The molecule has 8 aromatic carbocycles. The molecule has 0 amide bonds. The lowest BCUT2D eigenvalue weighted by Gasteiger charge is -2.41. The van der Waals surface area contributed by atoms with Crippen LogP contribution in [0.25, 0.3) is 0 Å². The lowest BCUT2D eigenvalue weighted by atomic mass is 10.2. The fraction of sp³-hybridized carbons (Fsp3) is 0.143. The smallest absolute Gasteiger partial charge is 0.199 e. The molecule has 0 aromatic heterocycles. The largest absolute Gasteiger partial charge is 0.759 e. The minimum atomic E-state index is -5.17. The Kier molecular flexibility index (Phi) is 19.6. The van der Waals surface area contributed by atoms with E-state index in [-0.39, 0.29) is 0 Å². The first-order valence-electron chi connectivity index (χ1n) is 22.4. The summed E-state index contributed by atoms with van der Waals surface area (Å²) in [6.07, 6.45) is 0. The highest BCUT2D eigenvalue weighted by Crippen LogP contribution is 2.90. The van der Waals surface area contributed by atoms with Crippen molar-refractivity contribution in [2.24, 2.45) is 0 Å². The van der Waals surface area contributed by atoms with Crippen molar-refractivity contribution in [3.05, 3.63) is 287 Å². The highest BCUT2D eigenvalue weighted by atomic mass is 32.3. The van der Waals surface area contributed by atoms with Crippen molar-refractivity contribution in [2.45, 2.75) is 46.8 Å². The topological polar surface area (TPSA) is 242 Å². The van der Waals surface area contributed by atoms with E-state index in [2.05, 4.69) is 0 Å². The fourth-order valence-corrected chi connectivity index (χ4v) is 17.4. The Bertz CT molecular complexity index is 2310. The second-order valence-electron chi connectivity index (χ2n) is 16.5. The van der Waals surface area contributed by atoms with Gasteiger partial charge in [-0.3, -0.25) is 8.42 Å². The van der Waals surface area contributed by atoms with Gasteiger partial charge in [-0.1, -0.05) is 243 Å². The highest BCUT2D eigenvalue weighted by Gasteiger charge is 2.66. The molecule has 8 atom stereocenters. The van der Waals surface area contributed by atoms with Crippen LogP contribution in [-0.4, -0.2) is 58.4 Å². The van der Waals surface area contributed by atoms with E-state index in [1.807, 2.05) is 48.5 Å². The van der Waals surface area contributed by atoms with E-state index in [1.165, 1.54) is 0 Å². The summed E-state index contributed by atoms with van der Waals surface area (Å²) in [6, 6.07) is 71.6. The molecule has 0 saturated carbocycles. The molecule has 0 fully saturated rings. The molecule has 0 aliphatic heterocycles. The normalized spacial score (nSPS) is 16.5. The monoisotopic (exact) mass is 1010 g/mol. The van der Waals surface area contributed by atoms with Gasteiger partial charge in [-0.2, -0.15) is 0 Å². The van der Waals surface area contributed by atoms with E-state index in [9.17, 15) is 40.9 Å². The first-order chi connectivity index (χ1) is 34.1. The molecule has 0 spiro atoms. The van der Waals surface area contributed by atoms with Crippen LogP contribution in [-0.2, 0) is 10.4 Å². The predicted octanol–water partition coefficient (Wildman–Crippen LogP) is 10.2. The summed E-state index contributed by atoms with van der Waals surface area (Å²) in [5.41, 5.74) is 4.27. The summed E-state index contributed by atoms with van der Waals surface area (Å²) >= 11 is 0. The molecule has 8 rings (SSSR count). The summed E-state index contributed by atoms with van der Waals surface area (Å²) < 4.78 is 34.1. The molecule has 368 valence electrons. The molecule has 71 heavy (non-hydrogen) atoms. The van der Waals surface area contributed by atoms with Gasteiger partial charge in [0.1, 0.15) is 0 Å². The van der Waals surface area contributed by atoms with Crippen molar-refractivity contribution in [3.8, 4) is 0 Å². The minimum Gasteiger partial charge on any atom is -0.759 e. The third-order valence-corrected chi connectivity index (χ3v) is 21.3. The van der Waals surface area contributed by atoms with E-state index < -0.39 is 71.7 Å². The summed E-state index contributed by atoms with van der Waals surface area (Å²) in [5.74, 6) is -10.3. The van der Waals surface area contributed by atoms with Gasteiger partial charge >= 0.3 is 0 Å². The average molecular weight is 1020 g/mol. The maximum atomic E-state index is 11.9. The van der Waals surface area contributed by atoms with Gasteiger partial charge in [-0.05, 0) is 0 Å². The Balaban J connectivity index is 0.000000212. The number of aliphatic hydroxyl groups is 8. The minimum absolute atomic E-state index is 0.533. The fourth-order valence-electron chi connectivity index (χ4n) is 8.67. The quantitative estimate of drug-likeness (QED) is 0.0256. The van der Waals surface area contributed by atoms with E-state index in [4.69, 9.17) is 17.5 Å². The van der Waals surface area contributed by atoms with Gasteiger partial charge in [0.05, 0.1) is 0 Å². The van der Waals surface area contributed by atoms with Crippen molar-refractivity contribution in [1.29, 1.82) is 0 Å². The number of benzene rings is 8. The number of aliphatic hydroxyl groups excluding tert-OH is 8. The molecule has 0 saturated heterocycles. The van der Waals surface area contributed by atoms with Crippen LogP contribution in [0.3, 0.4) is 0 Å². The zero-order valence-electron chi connectivity index (χ0n) is 38.2. The standard InChI is InChI=1S/2C28H28O4P.H2O4S/c2*29-25(21-13-5-1-6-14-21)33(26(30)22-15-7-2-8-16-22,27(31)23-17-9-3-10-18-23)28(32)24-19-11-4-12-20-24;1-5(2,3)4/h2*1-20,25-32H;(H2,1,2,3,4)/q2*+1;/p-2. The van der Waals surface area contributed by atoms with Crippen LogP contribution in [0.5, 0.6) is 0 Å². The molecule has 0 radical (unpaired) electrons. The zero-order valence-corrected chi connectivity index (χ0v) is 40.8. The van der Waals surface area contributed by atoms with E-state index in [1.54, 1.807) is 194 Å². The Labute approximate surface area is 415 Å². The molecule has 12 nitrogen and oxygen atoms in total. The second-order valence-corrected chi connectivity index (χ2v) is 24.8. The van der Waals surface area contributed by atoms with Crippen LogP contribution in [0.2, 0.25) is 0 Å². The van der Waals surface area contributed by atoms with E-state index in [0.717, 1.165) is 0 Å². The molecular formula is C56H56O12P2S. The third-order valence-electron chi connectivity index (χ3n) is 12.2. The van der Waals surface area contributed by atoms with Crippen LogP contribution in [0.15, 0.2) is 243 Å². The van der Waals surface area contributed by atoms with Crippen LogP contribution >= 0.6 is 14.5 Å². The highest BCUT2D eigenvalue weighted by molar-refractivity contribution is 7.79. The van der Waals surface area contributed by atoms with E-state index >= 15 is 0 Å². The van der Waals surface area contributed by atoms with Gasteiger partial charge in [0, 0.05) is 54.9 Å². The molecular weight excluding hydrogens is 959 g/mol. The summed E-state index contributed by atoms with van der Waals surface area (Å²) in [4.78, 5) is 0. The van der Waals surface area contributed by atoms with Crippen molar-refractivity contribution >= 4 is 24.9 Å². The van der Waals surface area contributed by atoms with Crippen molar-refractivity contribution in [2.75, 3.05) is 0 Å². The maximum Gasteiger partial charge on any atom is 0.199 e. The van der Waals surface area contributed by atoms with Gasteiger partial charge in [-0.25, -0.2) is 0 Å². The average Bonchev–Trinajstić information content (AvgIpc) is 3.42.